The summed E-state index contributed by atoms with van der Waals surface area (Å²) in [6.07, 6.45) is 1.47. The number of hydrogen-bond donors (Lipinski definition) is 1. The molecule has 5 nitrogen and oxygen atoms in total. The van der Waals surface area contributed by atoms with E-state index < -0.39 is 5.97 Å². The van der Waals surface area contributed by atoms with E-state index in [0.29, 0.717) is 24.1 Å². The highest BCUT2D eigenvalue weighted by atomic mass is 32.2. The van der Waals surface area contributed by atoms with Gasteiger partial charge in [-0.25, -0.2) is 0 Å². The zero-order valence-electron chi connectivity index (χ0n) is 8.18. The summed E-state index contributed by atoms with van der Waals surface area (Å²) in [6, 6.07) is 0. The monoisotopic (exact) mass is 228 g/mol. The number of carbonyl (C=O) groups is 1. The molecule has 1 aromatic heterocycles. The summed E-state index contributed by atoms with van der Waals surface area (Å²) < 4.78 is 5.11. The summed E-state index contributed by atoms with van der Waals surface area (Å²) in [5.41, 5.74) is 0. The van der Waals surface area contributed by atoms with E-state index in [-0.39, 0.29) is 6.42 Å². The van der Waals surface area contributed by atoms with Crippen molar-refractivity contribution in [3.05, 3.63) is 11.7 Å². The van der Waals surface area contributed by atoms with Crippen LogP contribution in [0.2, 0.25) is 0 Å². The van der Waals surface area contributed by atoms with Crippen LogP contribution in [0.3, 0.4) is 0 Å². The summed E-state index contributed by atoms with van der Waals surface area (Å²) in [7, 11) is 0. The summed E-state index contributed by atoms with van der Waals surface area (Å²) in [5.74, 6) is 2.86. The molecule has 0 saturated carbocycles. The maximum atomic E-state index is 10.3. The van der Waals surface area contributed by atoms with Gasteiger partial charge in [0.15, 0.2) is 5.82 Å². The van der Waals surface area contributed by atoms with E-state index in [4.69, 9.17) is 9.63 Å². The largest absolute Gasteiger partial charge is 0.481 e. The van der Waals surface area contributed by atoms with Crippen molar-refractivity contribution in [3.63, 3.8) is 0 Å². The molecule has 2 rings (SSSR count). The Hall–Kier alpha value is -1.04. The fourth-order valence-corrected chi connectivity index (χ4v) is 2.69. The first-order chi connectivity index (χ1) is 7.25. The van der Waals surface area contributed by atoms with Gasteiger partial charge in [-0.05, 0) is 12.2 Å². The standard InChI is InChI=1S/C9H12N2O3S/c12-8(13)2-1-7-10-9(14-11-7)6-3-4-15-5-6/h6H,1-5H2,(H,12,13). The Bertz CT molecular complexity index is 347. The van der Waals surface area contributed by atoms with Gasteiger partial charge in [-0.15, -0.1) is 0 Å². The Kier molecular flexibility index (Phi) is 3.25. The molecule has 1 saturated heterocycles. The minimum atomic E-state index is -0.835. The number of nitrogens with zero attached hydrogens (tertiary/aromatic N) is 2. The maximum absolute atomic E-state index is 10.3. The number of aliphatic carboxylic acids is 1. The number of rotatable bonds is 4. The predicted molar refractivity (Wildman–Crippen MR) is 54.9 cm³/mol. The minimum Gasteiger partial charge on any atom is -0.481 e. The third kappa shape index (κ3) is 2.71. The first-order valence-corrected chi connectivity index (χ1v) is 6.03. The van der Waals surface area contributed by atoms with Gasteiger partial charge in [0.1, 0.15) is 0 Å². The SMILES string of the molecule is O=C(O)CCc1noc(C2CCSC2)n1. The van der Waals surface area contributed by atoms with Crippen LogP contribution >= 0.6 is 11.8 Å². The van der Waals surface area contributed by atoms with Crippen LogP contribution in [-0.4, -0.2) is 32.7 Å². The molecule has 1 aliphatic heterocycles. The van der Waals surface area contributed by atoms with Crippen molar-refractivity contribution in [2.45, 2.75) is 25.2 Å². The second-order valence-corrected chi connectivity index (χ2v) is 4.65. The predicted octanol–water partition coefficient (Wildman–Crippen LogP) is 1.31. The zero-order chi connectivity index (χ0) is 10.7. The van der Waals surface area contributed by atoms with Crippen molar-refractivity contribution >= 4 is 17.7 Å². The number of thioether (sulfide) groups is 1. The molecule has 0 bridgehead atoms. The smallest absolute Gasteiger partial charge is 0.303 e. The van der Waals surface area contributed by atoms with Crippen LogP contribution in [0, 0.1) is 0 Å². The lowest BCUT2D eigenvalue weighted by Crippen LogP contribution is -2.00. The number of aryl methyl sites for hydroxylation is 1. The first-order valence-electron chi connectivity index (χ1n) is 4.87. The van der Waals surface area contributed by atoms with Crippen molar-refractivity contribution in [3.8, 4) is 0 Å². The molecule has 6 heteroatoms. The van der Waals surface area contributed by atoms with E-state index in [2.05, 4.69) is 10.1 Å². The van der Waals surface area contributed by atoms with Gasteiger partial charge in [-0.2, -0.15) is 16.7 Å². The van der Waals surface area contributed by atoms with Gasteiger partial charge in [-0.3, -0.25) is 4.79 Å². The average Bonchev–Trinajstić information content (AvgIpc) is 2.85. The third-order valence-corrected chi connectivity index (χ3v) is 3.49. The Morgan fingerprint density at radius 2 is 2.53 bits per heavy atom. The molecule has 0 amide bonds. The highest BCUT2D eigenvalue weighted by Gasteiger charge is 2.23. The molecule has 0 aromatic carbocycles. The Morgan fingerprint density at radius 1 is 1.67 bits per heavy atom. The van der Waals surface area contributed by atoms with Gasteiger partial charge in [0.05, 0.1) is 6.42 Å². The quantitative estimate of drug-likeness (QED) is 0.837. The van der Waals surface area contributed by atoms with Gasteiger partial charge in [0.2, 0.25) is 5.89 Å². The van der Waals surface area contributed by atoms with Gasteiger partial charge >= 0.3 is 5.97 Å². The maximum Gasteiger partial charge on any atom is 0.303 e. The van der Waals surface area contributed by atoms with Crippen LogP contribution in [0.25, 0.3) is 0 Å². The molecule has 82 valence electrons. The fourth-order valence-electron chi connectivity index (χ4n) is 1.48. The van der Waals surface area contributed by atoms with Gasteiger partial charge < -0.3 is 9.63 Å². The lowest BCUT2D eigenvalue weighted by molar-refractivity contribution is -0.137. The van der Waals surface area contributed by atoms with Crippen LogP contribution < -0.4 is 0 Å². The molecule has 1 aliphatic rings. The third-order valence-electron chi connectivity index (χ3n) is 2.33. The van der Waals surface area contributed by atoms with Crippen LogP contribution in [0.4, 0.5) is 0 Å². The number of carboxylic acid groups (broad SMARTS) is 1. The molecule has 0 spiro atoms. The number of carboxylic acids is 1. The second-order valence-electron chi connectivity index (χ2n) is 3.50. The second kappa shape index (κ2) is 4.65. The van der Waals surface area contributed by atoms with E-state index in [1.807, 2.05) is 11.8 Å². The Labute approximate surface area is 91.2 Å². The summed E-state index contributed by atoms with van der Waals surface area (Å²) in [4.78, 5) is 14.6. The topological polar surface area (TPSA) is 76.2 Å². The lowest BCUT2D eigenvalue weighted by atomic mass is 10.1. The van der Waals surface area contributed by atoms with Crippen LogP contribution in [0.1, 0.15) is 30.5 Å². The van der Waals surface area contributed by atoms with Crippen LogP contribution in [0.5, 0.6) is 0 Å². The zero-order valence-corrected chi connectivity index (χ0v) is 9.00. The van der Waals surface area contributed by atoms with Crippen molar-refractivity contribution in [2.75, 3.05) is 11.5 Å². The first kappa shape index (κ1) is 10.5. The van der Waals surface area contributed by atoms with E-state index in [9.17, 15) is 4.79 Å². The van der Waals surface area contributed by atoms with Crippen molar-refractivity contribution in [2.24, 2.45) is 0 Å². The average molecular weight is 228 g/mol. The van der Waals surface area contributed by atoms with E-state index in [1.165, 1.54) is 0 Å². The molecule has 0 radical (unpaired) electrons. The molecule has 15 heavy (non-hydrogen) atoms. The van der Waals surface area contributed by atoms with E-state index >= 15 is 0 Å². The lowest BCUT2D eigenvalue weighted by Gasteiger charge is -1.98. The van der Waals surface area contributed by atoms with Crippen molar-refractivity contribution in [1.29, 1.82) is 0 Å². The summed E-state index contributed by atoms with van der Waals surface area (Å²) >= 11 is 1.88. The Balaban J connectivity index is 1.94. The highest BCUT2D eigenvalue weighted by molar-refractivity contribution is 7.99. The Morgan fingerprint density at radius 3 is 3.20 bits per heavy atom. The molecule has 0 aliphatic carbocycles. The van der Waals surface area contributed by atoms with Gasteiger partial charge in [0, 0.05) is 18.1 Å². The van der Waals surface area contributed by atoms with Crippen molar-refractivity contribution < 1.29 is 14.4 Å². The van der Waals surface area contributed by atoms with E-state index in [1.54, 1.807) is 0 Å². The molecule has 1 N–H and O–H groups in total. The molecule has 1 aromatic rings. The number of aromatic nitrogens is 2. The molecule has 1 atom stereocenters. The molecule has 1 unspecified atom stereocenters. The molecular weight excluding hydrogens is 216 g/mol. The van der Waals surface area contributed by atoms with Gasteiger partial charge in [-0.1, -0.05) is 5.16 Å². The highest BCUT2D eigenvalue weighted by Crippen LogP contribution is 2.31. The van der Waals surface area contributed by atoms with Crippen LogP contribution in [0.15, 0.2) is 4.52 Å². The fraction of sp³-hybridized carbons (Fsp3) is 0.667. The molecule has 1 fully saturated rings. The molecule has 2 heterocycles. The van der Waals surface area contributed by atoms with E-state index in [0.717, 1.165) is 17.9 Å². The van der Waals surface area contributed by atoms with Crippen molar-refractivity contribution in [1.82, 2.24) is 10.1 Å². The summed E-state index contributed by atoms with van der Waals surface area (Å²) in [6.45, 7) is 0. The van der Waals surface area contributed by atoms with Gasteiger partial charge in [0.25, 0.3) is 0 Å². The summed E-state index contributed by atoms with van der Waals surface area (Å²) in [5, 5.41) is 12.3. The number of hydrogen-bond acceptors (Lipinski definition) is 5. The molecular formula is C9H12N2O3S. The van der Waals surface area contributed by atoms with Crippen LogP contribution in [-0.2, 0) is 11.2 Å². The minimum absolute atomic E-state index is 0.0540. The normalized spacial score (nSPS) is 20.7.